The van der Waals surface area contributed by atoms with Crippen LogP contribution in [0.2, 0.25) is 0 Å². The van der Waals surface area contributed by atoms with E-state index in [1.165, 1.54) is 12.7 Å². The highest BCUT2D eigenvalue weighted by atomic mass is 16.5. The molecule has 1 aromatic carbocycles. The average Bonchev–Trinajstić information content (AvgIpc) is 2.53. The molecule has 1 aromatic rings. The molecule has 0 aromatic heterocycles. The van der Waals surface area contributed by atoms with Crippen molar-refractivity contribution >= 4 is 5.97 Å². The number of benzene rings is 1. The van der Waals surface area contributed by atoms with E-state index in [9.17, 15) is 4.79 Å². The van der Waals surface area contributed by atoms with Gasteiger partial charge in [0.05, 0.1) is 7.11 Å². The second-order valence-corrected chi connectivity index (χ2v) is 6.49. The quantitative estimate of drug-likeness (QED) is 0.843. The van der Waals surface area contributed by atoms with Gasteiger partial charge in [-0.2, -0.15) is 0 Å². The molecule has 0 aliphatic heterocycles. The molecule has 1 aliphatic rings. The third kappa shape index (κ3) is 3.85. The molecule has 1 N–H and O–H groups in total. The number of rotatable bonds is 5. The first-order chi connectivity index (χ1) is 10.1. The molecule has 0 heterocycles. The summed E-state index contributed by atoms with van der Waals surface area (Å²) in [5, 5.41) is 3.49. The third-order valence-electron chi connectivity index (χ3n) is 4.88. The molecule has 0 atom stereocenters. The summed E-state index contributed by atoms with van der Waals surface area (Å²) in [6, 6.07) is 10.2. The van der Waals surface area contributed by atoms with Gasteiger partial charge in [-0.25, -0.2) is 0 Å². The van der Waals surface area contributed by atoms with Gasteiger partial charge in [-0.05, 0) is 43.1 Å². The van der Waals surface area contributed by atoms with E-state index in [-0.39, 0.29) is 5.97 Å². The van der Waals surface area contributed by atoms with Crippen molar-refractivity contribution in [2.24, 2.45) is 11.8 Å². The fourth-order valence-electron chi connectivity index (χ4n) is 3.32. The van der Waals surface area contributed by atoms with Crippen LogP contribution in [0.3, 0.4) is 0 Å². The van der Waals surface area contributed by atoms with Gasteiger partial charge in [0.25, 0.3) is 0 Å². The zero-order chi connectivity index (χ0) is 15.3. The molecule has 3 nitrogen and oxygen atoms in total. The van der Waals surface area contributed by atoms with E-state index in [1.807, 2.05) is 18.2 Å². The topological polar surface area (TPSA) is 38.3 Å². The molecule has 3 heteroatoms. The summed E-state index contributed by atoms with van der Waals surface area (Å²) in [6.45, 7) is 5.25. The molecular weight excluding hydrogens is 262 g/mol. The molecule has 1 fully saturated rings. The van der Waals surface area contributed by atoms with E-state index in [2.05, 4.69) is 31.3 Å². The summed E-state index contributed by atoms with van der Waals surface area (Å²) in [5.41, 5.74) is 0.697. The number of carbonyl (C=O) groups is 1. The third-order valence-corrected chi connectivity index (χ3v) is 4.88. The summed E-state index contributed by atoms with van der Waals surface area (Å²) in [6.07, 6.45) is 3.92. The van der Waals surface area contributed by atoms with Crippen LogP contribution in [0.1, 0.15) is 45.1 Å². The number of ether oxygens (including phenoxy) is 1. The van der Waals surface area contributed by atoms with E-state index in [1.54, 1.807) is 0 Å². The SMILES string of the molecule is COC(=O)C1(NCc2ccccc2)CCC(C(C)C)CC1. The number of carbonyl (C=O) groups excluding carboxylic acids is 1. The van der Waals surface area contributed by atoms with Gasteiger partial charge in [-0.15, -0.1) is 0 Å². The van der Waals surface area contributed by atoms with Crippen LogP contribution in [0.15, 0.2) is 30.3 Å². The Morgan fingerprint density at radius 2 is 1.90 bits per heavy atom. The highest BCUT2D eigenvalue weighted by Crippen LogP contribution is 2.36. The fraction of sp³-hybridized carbons (Fsp3) is 0.611. The maximum absolute atomic E-state index is 12.3. The van der Waals surface area contributed by atoms with Crippen molar-refractivity contribution in [2.75, 3.05) is 7.11 Å². The minimum absolute atomic E-state index is 0.111. The second kappa shape index (κ2) is 7.08. The van der Waals surface area contributed by atoms with Crippen molar-refractivity contribution in [2.45, 2.75) is 51.6 Å². The van der Waals surface area contributed by atoms with Crippen LogP contribution in [0.25, 0.3) is 0 Å². The van der Waals surface area contributed by atoms with E-state index >= 15 is 0 Å². The van der Waals surface area contributed by atoms with Gasteiger partial charge < -0.3 is 4.74 Å². The maximum Gasteiger partial charge on any atom is 0.326 e. The van der Waals surface area contributed by atoms with E-state index in [4.69, 9.17) is 4.74 Å². The summed E-state index contributed by atoms with van der Waals surface area (Å²) in [7, 11) is 1.49. The minimum Gasteiger partial charge on any atom is -0.468 e. The Bertz CT molecular complexity index is 448. The molecule has 21 heavy (non-hydrogen) atoms. The Morgan fingerprint density at radius 1 is 1.29 bits per heavy atom. The molecule has 0 saturated heterocycles. The molecule has 0 radical (unpaired) electrons. The Hall–Kier alpha value is -1.35. The van der Waals surface area contributed by atoms with Crippen LogP contribution in [-0.4, -0.2) is 18.6 Å². The van der Waals surface area contributed by atoms with Gasteiger partial charge >= 0.3 is 5.97 Å². The Labute approximate surface area is 128 Å². The van der Waals surface area contributed by atoms with Crippen molar-refractivity contribution in [3.05, 3.63) is 35.9 Å². The van der Waals surface area contributed by atoms with Crippen molar-refractivity contribution < 1.29 is 9.53 Å². The lowest BCUT2D eigenvalue weighted by molar-refractivity contribution is -0.151. The van der Waals surface area contributed by atoms with Crippen molar-refractivity contribution in [3.8, 4) is 0 Å². The lowest BCUT2D eigenvalue weighted by Gasteiger charge is -2.39. The smallest absolute Gasteiger partial charge is 0.326 e. The van der Waals surface area contributed by atoms with Crippen LogP contribution in [0.5, 0.6) is 0 Å². The molecule has 0 spiro atoms. The molecule has 0 amide bonds. The first-order valence-corrected chi connectivity index (χ1v) is 7.95. The molecule has 2 rings (SSSR count). The summed E-state index contributed by atoms with van der Waals surface area (Å²) in [4.78, 5) is 12.3. The fourth-order valence-corrected chi connectivity index (χ4v) is 3.32. The highest BCUT2D eigenvalue weighted by molar-refractivity contribution is 5.80. The van der Waals surface area contributed by atoms with Gasteiger partial charge in [-0.1, -0.05) is 44.2 Å². The monoisotopic (exact) mass is 289 g/mol. The largest absolute Gasteiger partial charge is 0.468 e. The zero-order valence-corrected chi connectivity index (χ0v) is 13.4. The molecular formula is C18H27NO2. The molecule has 1 saturated carbocycles. The highest BCUT2D eigenvalue weighted by Gasteiger charge is 2.42. The lowest BCUT2D eigenvalue weighted by atomic mass is 9.72. The van der Waals surface area contributed by atoms with Gasteiger partial charge in [0.2, 0.25) is 0 Å². The molecule has 0 bridgehead atoms. The number of esters is 1. The molecule has 116 valence electrons. The number of methoxy groups -OCH3 is 1. The van der Waals surface area contributed by atoms with E-state index in [0.717, 1.165) is 31.6 Å². The van der Waals surface area contributed by atoms with Gasteiger partial charge in [0.1, 0.15) is 5.54 Å². The summed E-state index contributed by atoms with van der Waals surface area (Å²) >= 11 is 0. The summed E-state index contributed by atoms with van der Waals surface area (Å²) in [5.74, 6) is 1.30. The van der Waals surface area contributed by atoms with E-state index < -0.39 is 5.54 Å². The van der Waals surface area contributed by atoms with Crippen molar-refractivity contribution in [3.63, 3.8) is 0 Å². The van der Waals surface area contributed by atoms with Gasteiger partial charge in [-0.3, -0.25) is 10.1 Å². The zero-order valence-electron chi connectivity index (χ0n) is 13.4. The normalized spacial score (nSPS) is 25.8. The molecule has 1 aliphatic carbocycles. The predicted octanol–water partition coefficient (Wildman–Crippen LogP) is 3.53. The van der Waals surface area contributed by atoms with Crippen molar-refractivity contribution in [1.82, 2.24) is 5.32 Å². The first kappa shape index (κ1) is 16.0. The Morgan fingerprint density at radius 3 is 2.43 bits per heavy atom. The van der Waals surface area contributed by atoms with E-state index in [0.29, 0.717) is 12.5 Å². The van der Waals surface area contributed by atoms with Crippen LogP contribution in [-0.2, 0) is 16.1 Å². The van der Waals surface area contributed by atoms with Crippen LogP contribution < -0.4 is 5.32 Å². The number of hydrogen-bond donors (Lipinski definition) is 1. The predicted molar refractivity (Wildman–Crippen MR) is 84.8 cm³/mol. The first-order valence-electron chi connectivity index (χ1n) is 7.95. The van der Waals surface area contributed by atoms with Gasteiger partial charge in [0.15, 0.2) is 0 Å². The van der Waals surface area contributed by atoms with Crippen LogP contribution >= 0.6 is 0 Å². The van der Waals surface area contributed by atoms with Crippen LogP contribution in [0, 0.1) is 11.8 Å². The Balaban J connectivity index is 2.03. The Kier molecular flexibility index (Phi) is 5.40. The van der Waals surface area contributed by atoms with Crippen LogP contribution in [0.4, 0.5) is 0 Å². The average molecular weight is 289 g/mol. The molecule has 0 unspecified atom stereocenters. The number of nitrogens with one attached hydrogen (secondary N) is 1. The van der Waals surface area contributed by atoms with Crippen molar-refractivity contribution in [1.29, 1.82) is 0 Å². The van der Waals surface area contributed by atoms with Gasteiger partial charge in [0, 0.05) is 6.54 Å². The minimum atomic E-state index is -0.504. The standard InChI is InChI=1S/C18H27NO2/c1-14(2)16-9-11-18(12-10-16,17(20)21-3)19-13-15-7-5-4-6-8-15/h4-8,14,16,19H,9-13H2,1-3H3. The number of hydrogen-bond acceptors (Lipinski definition) is 3. The summed E-state index contributed by atoms with van der Waals surface area (Å²) < 4.78 is 5.08. The lowest BCUT2D eigenvalue weighted by Crippen LogP contribution is -2.54. The maximum atomic E-state index is 12.3. The second-order valence-electron chi connectivity index (χ2n) is 6.49.